The Kier molecular flexibility index (Phi) is 2.81. The van der Waals surface area contributed by atoms with Crippen molar-refractivity contribution in [1.82, 2.24) is 0 Å². The molecule has 1 unspecified atom stereocenters. The molecule has 4 rings (SSSR count). The van der Waals surface area contributed by atoms with Crippen LogP contribution in [0.5, 0.6) is 5.75 Å². The second-order valence-electron chi connectivity index (χ2n) is 5.88. The fourth-order valence-electron chi connectivity index (χ4n) is 3.45. The highest BCUT2D eigenvalue weighted by atomic mass is 16.3. The van der Waals surface area contributed by atoms with E-state index in [1.807, 2.05) is 30.3 Å². The highest BCUT2D eigenvalue weighted by Gasteiger charge is 2.33. The van der Waals surface area contributed by atoms with E-state index in [2.05, 4.69) is 30.4 Å². The summed E-state index contributed by atoms with van der Waals surface area (Å²) in [4.78, 5) is 0. The molecule has 1 atom stereocenters. The standard InChI is InChI=1S/C20H17NO/c21-20(11-5-8-14-6-2-4-10-18(14)20)19-13-16(22)12-15-7-1-3-9-17(15)19/h1-10,12-13,22H,11,21H2. The minimum atomic E-state index is -0.621. The van der Waals surface area contributed by atoms with Crippen LogP contribution in [0.25, 0.3) is 16.8 Å². The zero-order valence-electron chi connectivity index (χ0n) is 12.2. The highest BCUT2D eigenvalue weighted by Crippen LogP contribution is 2.41. The van der Waals surface area contributed by atoms with Crippen LogP contribution in [-0.4, -0.2) is 5.11 Å². The van der Waals surface area contributed by atoms with Crippen molar-refractivity contribution in [3.8, 4) is 5.75 Å². The van der Waals surface area contributed by atoms with Gasteiger partial charge in [-0.1, -0.05) is 60.7 Å². The van der Waals surface area contributed by atoms with Gasteiger partial charge in [-0.3, -0.25) is 0 Å². The molecular formula is C20H17NO. The summed E-state index contributed by atoms with van der Waals surface area (Å²) in [6.45, 7) is 0. The maximum Gasteiger partial charge on any atom is 0.116 e. The molecule has 3 aromatic carbocycles. The maximum absolute atomic E-state index is 10.1. The van der Waals surface area contributed by atoms with E-state index in [4.69, 9.17) is 5.73 Å². The number of hydrogen-bond acceptors (Lipinski definition) is 2. The predicted octanol–water partition coefficient (Wildman–Crippen LogP) is 4.16. The van der Waals surface area contributed by atoms with Gasteiger partial charge in [-0.25, -0.2) is 0 Å². The van der Waals surface area contributed by atoms with E-state index in [-0.39, 0.29) is 5.75 Å². The molecule has 3 aromatic rings. The van der Waals surface area contributed by atoms with Gasteiger partial charge in [-0.15, -0.1) is 0 Å². The van der Waals surface area contributed by atoms with Crippen molar-refractivity contribution in [2.75, 3.05) is 0 Å². The van der Waals surface area contributed by atoms with E-state index in [0.29, 0.717) is 0 Å². The van der Waals surface area contributed by atoms with Crippen molar-refractivity contribution in [3.63, 3.8) is 0 Å². The summed E-state index contributed by atoms with van der Waals surface area (Å²) < 4.78 is 0. The first-order valence-corrected chi connectivity index (χ1v) is 7.46. The van der Waals surface area contributed by atoms with Gasteiger partial charge in [-0.2, -0.15) is 0 Å². The first-order valence-electron chi connectivity index (χ1n) is 7.46. The lowest BCUT2D eigenvalue weighted by Gasteiger charge is -2.34. The topological polar surface area (TPSA) is 46.2 Å². The third-order valence-corrected chi connectivity index (χ3v) is 4.51. The van der Waals surface area contributed by atoms with Crippen LogP contribution in [0, 0.1) is 0 Å². The van der Waals surface area contributed by atoms with E-state index < -0.39 is 5.54 Å². The number of phenols is 1. The molecule has 0 heterocycles. The molecule has 0 bridgehead atoms. The van der Waals surface area contributed by atoms with Gasteiger partial charge in [0, 0.05) is 0 Å². The minimum Gasteiger partial charge on any atom is -0.508 e. The summed E-state index contributed by atoms with van der Waals surface area (Å²) in [6, 6.07) is 19.9. The van der Waals surface area contributed by atoms with Gasteiger partial charge in [0.15, 0.2) is 0 Å². The van der Waals surface area contributed by atoms with Gasteiger partial charge < -0.3 is 10.8 Å². The van der Waals surface area contributed by atoms with Crippen molar-refractivity contribution in [1.29, 1.82) is 0 Å². The normalized spacial score (nSPS) is 20.0. The van der Waals surface area contributed by atoms with Gasteiger partial charge in [0.2, 0.25) is 0 Å². The molecule has 0 aromatic heterocycles. The van der Waals surface area contributed by atoms with Crippen LogP contribution in [-0.2, 0) is 5.54 Å². The lowest BCUT2D eigenvalue weighted by atomic mass is 9.74. The summed E-state index contributed by atoms with van der Waals surface area (Å²) in [5.41, 5.74) is 9.46. The molecule has 2 heteroatoms. The zero-order valence-corrected chi connectivity index (χ0v) is 12.2. The van der Waals surface area contributed by atoms with Gasteiger partial charge in [-0.05, 0) is 46.0 Å². The summed E-state index contributed by atoms with van der Waals surface area (Å²) in [7, 11) is 0. The second kappa shape index (κ2) is 4.72. The predicted molar refractivity (Wildman–Crippen MR) is 90.7 cm³/mol. The molecule has 3 N–H and O–H groups in total. The summed E-state index contributed by atoms with van der Waals surface area (Å²) in [5, 5.41) is 12.2. The molecule has 108 valence electrons. The quantitative estimate of drug-likeness (QED) is 0.705. The molecule has 0 amide bonds. The molecular weight excluding hydrogens is 270 g/mol. The van der Waals surface area contributed by atoms with Gasteiger partial charge >= 0.3 is 0 Å². The highest BCUT2D eigenvalue weighted by molar-refractivity contribution is 5.89. The minimum absolute atomic E-state index is 0.255. The van der Waals surface area contributed by atoms with Gasteiger partial charge in [0.25, 0.3) is 0 Å². The van der Waals surface area contributed by atoms with Crippen LogP contribution in [0.3, 0.4) is 0 Å². The molecule has 0 radical (unpaired) electrons. The van der Waals surface area contributed by atoms with E-state index in [0.717, 1.165) is 33.9 Å². The van der Waals surface area contributed by atoms with Crippen molar-refractivity contribution < 1.29 is 5.11 Å². The molecule has 0 fully saturated rings. The molecule has 1 aliphatic rings. The molecule has 0 saturated carbocycles. The zero-order chi connectivity index (χ0) is 15.2. The number of aromatic hydroxyl groups is 1. The Bertz CT molecular complexity index is 897. The first-order chi connectivity index (χ1) is 10.7. The number of hydrogen-bond donors (Lipinski definition) is 2. The Morgan fingerprint density at radius 1 is 0.909 bits per heavy atom. The van der Waals surface area contributed by atoms with Crippen LogP contribution < -0.4 is 5.73 Å². The third kappa shape index (κ3) is 1.85. The van der Waals surface area contributed by atoms with E-state index >= 15 is 0 Å². The lowest BCUT2D eigenvalue weighted by molar-refractivity contribution is 0.470. The van der Waals surface area contributed by atoms with Crippen LogP contribution >= 0.6 is 0 Å². The molecule has 0 spiro atoms. The summed E-state index contributed by atoms with van der Waals surface area (Å²) in [6.07, 6.45) is 4.95. The van der Waals surface area contributed by atoms with Crippen molar-refractivity contribution >= 4 is 16.8 Å². The third-order valence-electron chi connectivity index (χ3n) is 4.51. The Labute approximate surface area is 129 Å². The van der Waals surface area contributed by atoms with Crippen molar-refractivity contribution in [3.05, 3.63) is 83.4 Å². The fourth-order valence-corrected chi connectivity index (χ4v) is 3.45. The monoisotopic (exact) mass is 287 g/mol. The van der Waals surface area contributed by atoms with E-state index in [9.17, 15) is 5.11 Å². The van der Waals surface area contributed by atoms with E-state index in [1.165, 1.54) is 0 Å². The fraction of sp³-hybridized carbons (Fsp3) is 0.100. The lowest BCUT2D eigenvalue weighted by Crippen LogP contribution is -2.39. The maximum atomic E-state index is 10.1. The molecule has 2 nitrogen and oxygen atoms in total. The summed E-state index contributed by atoms with van der Waals surface area (Å²) in [5.74, 6) is 0.255. The molecule has 1 aliphatic carbocycles. The number of rotatable bonds is 1. The first kappa shape index (κ1) is 13.1. The van der Waals surface area contributed by atoms with Crippen LogP contribution in [0.4, 0.5) is 0 Å². The number of benzene rings is 3. The average Bonchev–Trinajstić information content (AvgIpc) is 2.54. The molecule has 22 heavy (non-hydrogen) atoms. The smallest absolute Gasteiger partial charge is 0.116 e. The Morgan fingerprint density at radius 3 is 2.59 bits per heavy atom. The number of nitrogens with two attached hydrogens (primary N) is 1. The molecule has 0 saturated heterocycles. The second-order valence-corrected chi connectivity index (χ2v) is 5.88. The average molecular weight is 287 g/mol. The largest absolute Gasteiger partial charge is 0.508 e. The van der Waals surface area contributed by atoms with Crippen LogP contribution in [0.1, 0.15) is 23.1 Å². The van der Waals surface area contributed by atoms with E-state index in [1.54, 1.807) is 12.1 Å². The van der Waals surface area contributed by atoms with Crippen molar-refractivity contribution in [2.24, 2.45) is 5.73 Å². The Balaban J connectivity index is 2.05. The summed E-state index contributed by atoms with van der Waals surface area (Å²) >= 11 is 0. The number of phenolic OH excluding ortho intramolecular Hbond substituents is 1. The number of fused-ring (bicyclic) bond motifs is 2. The Hall–Kier alpha value is -2.58. The van der Waals surface area contributed by atoms with Gasteiger partial charge in [0.1, 0.15) is 5.75 Å². The van der Waals surface area contributed by atoms with Crippen molar-refractivity contribution in [2.45, 2.75) is 12.0 Å². The van der Waals surface area contributed by atoms with Crippen LogP contribution in [0.2, 0.25) is 0 Å². The Morgan fingerprint density at radius 2 is 1.68 bits per heavy atom. The molecule has 0 aliphatic heterocycles. The van der Waals surface area contributed by atoms with Gasteiger partial charge in [0.05, 0.1) is 5.54 Å². The SMILES string of the molecule is NC1(c2cc(O)cc3ccccc23)CC=Cc2ccccc21. The van der Waals surface area contributed by atoms with Crippen LogP contribution in [0.15, 0.2) is 66.7 Å².